The molecule has 1 N–H and O–H groups in total. The number of hydrogen-bond acceptors (Lipinski definition) is 2. The van der Waals surface area contributed by atoms with Gasteiger partial charge in [0.15, 0.2) is 0 Å². The monoisotopic (exact) mass is 263 g/mol. The maximum atomic E-state index is 13.7. The van der Waals surface area contributed by atoms with Crippen molar-refractivity contribution >= 4 is 11.7 Å². The van der Waals surface area contributed by atoms with Gasteiger partial charge in [-0.25, -0.2) is 9.18 Å². The van der Waals surface area contributed by atoms with Crippen LogP contribution in [0.4, 0.5) is 10.1 Å². The summed E-state index contributed by atoms with van der Waals surface area (Å²) in [5.41, 5.74) is 0.569. The summed E-state index contributed by atoms with van der Waals surface area (Å²) in [7, 11) is 0. The Labute approximate surface area is 112 Å². The molecular formula is C15H18FNO2. The Kier molecular flexibility index (Phi) is 3.17. The zero-order valence-electron chi connectivity index (χ0n) is 10.8. The third-order valence-electron chi connectivity index (χ3n) is 4.40. The highest BCUT2D eigenvalue weighted by Crippen LogP contribution is 2.36. The van der Waals surface area contributed by atoms with Crippen molar-refractivity contribution in [2.75, 3.05) is 18.0 Å². The van der Waals surface area contributed by atoms with Crippen LogP contribution in [0.2, 0.25) is 0 Å². The molecule has 0 spiro atoms. The number of hydrogen-bond donors (Lipinski definition) is 1. The normalized spacial score (nSPS) is 26.3. The Morgan fingerprint density at radius 3 is 2.53 bits per heavy atom. The van der Waals surface area contributed by atoms with E-state index in [1.165, 1.54) is 37.8 Å². The van der Waals surface area contributed by atoms with E-state index in [-0.39, 0.29) is 5.56 Å². The van der Waals surface area contributed by atoms with Gasteiger partial charge in [-0.15, -0.1) is 0 Å². The zero-order chi connectivity index (χ0) is 13.4. The van der Waals surface area contributed by atoms with Crippen molar-refractivity contribution in [3.8, 4) is 0 Å². The van der Waals surface area contributed by atoms with E-state index in [4.69, 9.17) is 5.11 Å². The maximum Gasteiger partial charge on any atom is 0.338 e. The molecular weight excluding hydrogens is 245 g/mol. The number of nitrogens with zero attached hydrogens (tertiary/aromatic N) is 1. The van der Waals surface area contributed by atoms with Crippen molar-refractivity contribution in [2.45, 2.75) is 25.7 Å². The highest BCUT2D eigenvalue weighted by atomic mass is 19.1. The number of anilines is 1. The molecule has 2 aliphatic rings. The van der Waals surface area contributed by atoms with Crippen LogP contribution in [0.5, 0.6) is 0 Å². The molecule has 1 aromatic rings. The van der Waals surface area contributed by atoms with Gasteiger partial charge in [-0.05, 0) is 49.3 Å². The van der Waals surface area contributed by atoms with Gasteiger partial charge in [0.1, 0.15) is 5.82 Å². The molecule has 3 nitrogen and oxygen atoms in total. The standard InChI is InChI=1S/C15H18FNO2/c16-14-7-12(4-5-13(14)15(18)19)17-8-10-2-1-3-11(6-10)9-17/h4-5,7,10-11H,1-3,6,8-9H2,(H,18,19). The topological polar surface area (TPSA) is 40.5 Å². The number of fused-ring (bicyclic) bond motifs is 2. The first-order chi connectivity index (χ1) is 9.13. The Bertz CT molecular complexity index is 491. The SMILES string of the molecule is O=C(O)c1ccc(N2CC3CCCC(C3)C2)cc1F. The molecule has 1 saturated carbocycles. The van der Waals surface area contributed by atoms with Gasteiger partial charge in [0.25, 0.3) is 0 Å². The fraction of sp³-hybridized carbons (Fsp3) is 0.533. The van der Waals surface area contributed by atoms with E-state index >= 15 is 0 Å². The molecule has 1 heterocycles. The van der Waals surface area contributed by atoms with Gasteiger partial charge in [-0.1, -0.05) is 6.42 Å². The van der Waals surface area contributed by atoms with Crippen molar-refractivity contribution in [2.24, 2.45) is 11.8 Å². The van der Waals surface area contributed by atoms with Crippen LogP contribution in [0.25, 0.3) is 0 Å². The molecule has 3 rings (SSSR count). The van der Waals surface area contributed by atoms with Gasteiger partial charge in [-0.2, -0.15) is 0 Å². The van der Waals surface area contributed by atoms with Crippen LogP contribution in [0.1, 0.15) is 36.0 Å². The molecule has 19 heavy (non-hydrogen) atoms. The van der Waals surface area contributed by atoms with E-state index in [0.29, 0.717) is 0 Å². The Morgan fingerprint density at radius 1 is 1.26 bits per heavy atom. The lowest BCUT2D eigenvalue weighted by molar-refractivity contribution is 0.0692. The Hall–Kier alpha value is -1.58. The van der Waals surface area contributed by atoms with E-state index < -0.39 is 11.8 Å². The van der Waals surface area contributed by atoms with E-state index in [2.05, 4.69) is 4.90 Å². The molecule has 1 aromatic carbocycles. The Balaban J connectivity index is 1.82. The summed E-state index contributed by atoms with van der Waals surface area (Å²) in [4.78, 5) is 13.0. The van der Waals surface area contributed by atoms with Gasteiger partial charge >= 0.3 is 5.97 Å². The van der Waals surface area contributed by atoms with Gasteiger partial charge < -0.3 is 10.0 Å². The molecule has 1 aliphatic carbocycles. The number of carboxylic acids is 1. The third-order valence-corrected chi connectivity index (χ3v) is 4.40. The first kappa shape index (κ1) is 12.5. The molecule has 4 heteroatoms. The molecule has 102 valence electrons. The molecule has 1 aliphatic heterocycles. The minimum atomic E-state index is -1.21. The minimum Gasteiger partial charge on any atom is -0.478 e. The number of carbonyl (C=O) groups is 1. The lowest BCUT2D eigenvalue weighted by Gasteiger charge is -2.42. The molecule has 2 unspecified atom stereocenters. The quantitative estimate of drug-likeness (QED) is 0.891. The Morgan fingerprint density at radius 2 is 1.95 bits per heavy atom. The van der Waals surface area contributed by atoms with Crippen molar-refractivity contribution in [3.63, 3.8) is 0 Å². The highest BCUT2D eigenvalue weighted by molar-refractivity contribution is 5.88. The van der Waals surface area contributed by atoms with E-state index in [9.17, 15) is 9.18 Å². The molecule has 2 fully saturated rings. The molecule has 2 bridgehead atoms. The number of benzene rings is 1. The second kappa shape index (κ2) is 4.83. The lowest BCUT2D eigenvalue weighted by Crippen LogP contribution is -2.42. The lowest BCUT2D eigenvalue weighted by atomic mass is 9.78. The number of rotatable bonds is 2. The van der Waals surface area contributed by atoms with Crippen LogP contribution in [0.15, 0.2) is 18.2 Å². The number of aromatic carboxylic acids is 1. The summed E-state index contributed by atoms with van der Waals surface area (Å²) in [5.74, 6) is -0.412. The molecule has 0 amide bonds. The molecule has 1 saturated heterocycles. The molecule has 0 aromatic heterocycles. The van der Waals surface area contributed by atoms with E-state index in [1.54, 1.807) is 6.07 Å². The van der Waals surface area contributed by atoms with Gasteiger partial charge in [0.2, 0.25) is 0 Å². The van der Waals surface area contributed by atoms with Crippen molar-refractivity contribution in [3.05, 3.63) is 29.6 Å². The first-order valence-corrected chi connectivity index (χ1v) is 6.91. The summed E-state index contributed by atoms with van der Waals surface area (Å²) >= 11 is 0. The fourth-order valence-electron chi connectivity index (χ4n) is 3.52. The van der Waals surface area contributed by atoms with Gasteiger partial charge in [0.05, 0.1) is 5.56 Å². The second-order valence-electron chi connectivity index (χ2n) is 5.77. The average molecular weight is 263 g/mol. The smallest absolute Gasteiger partial charge is 0.338 e. The maximum absolute atomic E-state index is 13.7. The molecule has 2 atom stereocenters. The molecule has 0 radical (unpaired) electrons. The summed E-state index contributed by atoms with van der Waals surface area (Å²) in [6, 6.07) is 4.47. The van der Waals surface area contributed by atoms with Crippen molar-refractivity contribution < 1.29 is 14.3 Å². The van der Waals surface area contributed by atoms with Crippen LogP contribution in [0, 0.1) is 17.7 Å². The van der Waals surface area contributed by atoms with Crippen molar-refractivity contribution in [1.29, 1.82) is 0 Å². The van der Waals surface area contributed by atoms with Crippen molar-refractivity contribution in [1.82, 2.24) is 0 Å². The zero-order valence-corrected chi connectivity index (χ0v) is 10.8. The van der Waals surface area contributed by atoms with Crippen LogP contribution in [-0.4, -0.2) is 24.2 Å². The minimum absolute atomic E-state index is 0.249. The number of carboxylic acid groups (broad SMARTS) is 1. The summed E-state index contributed by atoms with van der Waals surface area (Å²) in [6.45, 7) is 1.95. The summed E-state index contributed by atoms with van der Waals surface area (Å²) < 4.78 is 13.7. The summed E-state index contributed by atoms with van der Waals surface area (Å²) in [6.07, 6.45) is 5.15. The van der Waals surface area contributed by atoms with E-state index in [0.717, 1.165) is 30.6 Å². The number of halogens is 1. The second-order valence-corrected chi connectivity index (χ2v) is 5.77. The predicted molar refractivity (Wildman–Crippen MR) is 71.0 cm³/mol. The highest BCUT2D eigenvalue weighted by Gasteiger charge is 2.30. The first-order valence-electron chi connectivity index (χ1n) is 6.91. The largest absolute Gasteiger partial charge is 0.478 e. The average Bonchev–Trinajstić information content (AvgIpc) is 2.37. The summed E-state index contributed by atoms with van der Waals surface area (Å²) in [5, 5.41) is 8.84. The van der Waals surface area contributed by atoms with Crippen LogP contribution >= 0.6 is 0 Å². The fourth-order valence-corrected chi connectivity index (χ4v) is 3.52. The van der Waals surface area contributed by atoms with Crippen LogP contribution in [0.3, 0.4) is 0 Å². The predicted octanol–water partition coefficient (Wildman–Crippen LogP) is 3.15. The number of piperidine rings is 1. The van der Waals surface area contributed by atoms with Crippen LogP contribution < -0.4 is 4.90 Å². The third kappa shape index (κ3) is 2.44. The van der Waals surface area contributed by atoms with Gasteiger partial charge in [-0.3, -0.25) is 0 Å². The van der Waals surface area contributed by atoms with Gasteiger partial charge in [0, 0.05) is 18.8 Å². The van der Waals surface area contributed by atoms with E-state index in [1.807, 2.05) is 0 Å². The van der Waals surface area contributed by atoms with Crippen LogP contribution in [-0.2, 0) is 0 Å².